The topological polar surface area (TPSA) is 69.6 Å². The molecule has 1 aliphatic heterocycles. The highest BCUT2D eigenvalue weighted by atomic mass is 79.9. The van der Waals surface area contributed by atoms with Crippen molar-refractivity contribution >= 4 is 49.5 Å². The van der Waals surface area contributed by atoms with Crippen LogP contribution < -0.4 is 5.32 Å². The van der Waals surface area contributed by atoms with Crippen molar-refractivity contribution in [1.29, 1.82) is 0 Å². The number of urea groups is 1. The van der Waals surface area contributed by atoms with Gasteiger partial charge in [-0.2, -0.15) is 0 Å². The Bertz CT molecular complexity index is 544. The monoisotopic (exact) mass is 404 g/mol. The number of nitrogens with one attached hydrogen (secondary N) is 1. The Hall–Kier alpha value is -1.08. The van der Waals surface area contributed by atoms with Crippen LogP contribution >= 0.6 is 31.9 Å². The minimum atomic E-state index is -0.866. The van der Waals surface area contributed by atoms with E-state index in [1.165, 1.54) is 4.90 Å². The summed E-state index contributed by atoms with van der Waals surface area (Å²) < 4.78 is 1.53. The molecule has 2 rings (SSSR count). The van der Waals surface area contributed by atoms with E-state index in [1.54, 1.807) is 6.92 Å². The molecule has 1 aliphatic rings. The third-order valence-corrected chi connectivity index (χ3v) is 4.79. The van der Waals surface area contributed by atoms with Crippen LogP contribution in [0.3, 0.4) is 0 Å². The molecule has 0 radical (unpaired) electrons. The molecule has 0 spiro atoms. The average Bonchev–Trinajstić information content (AvgIpc) is 2.78. The second-order valence-corrected chi connectivity index (χ2v) is 6.77. The predicted molar refractivity (Wildman–Crippen MR) is 82.8 cm³/mol. The number of carboxylic acids is 1. The normalized spacial score (nSPS) is 21.9. The SMILES string of the molecule is CC1(C(=O)O)CCN(C(=O)Nc2c(Br)cccc2Br)C1. The van der Waals surface area contributed by atoms with Crippen LogP contribution in [0.2, 0.25) is 0 Å². The molecule has 5 nitrogen and oxygen atoms in total. The van der Waals surface area contributed by atoms with Crippen LogP contribution in [-0.4, -0.2) is 35.1 Å². The quantitative estimate of drug-likeness (QED) is 0.790. The first kappa shape index (κ1) is 15.3. The standard InChI is InChI=1S/C13H14Br2N2O3/c1-13(11(18)19)5-6-17(7-13)12(20)16-10-8(14)3-2-4-9(10)15/h2-4H,5-7H2,1H3,(H,16,20)(H,18,19). The second-order valence-electron chi connectivity index (χ2n) is 5.06. The van der Waals surface area contributed by atoms with E-state index in [4.69, 9.17) is 0 Å². The number of anilines is 1. The van der Waals surface area contributed by atoms with E-state index in [2.05, 4.69) is 37.2 Å². The predicted octanol–water partition coefficient (Wildman–Crippen LogP) is 3.54. The van der Waals surface area contributed by atoms with Gasteiger partial charge in [-0.1, -0.05) is 6.07 Å². The third-order valence-electron chi connectivity index (χ3n) is 3.47. The molecule has 1 aromatic carbocycles. The molecule has 0 bridgehead atoms. The number of hydrogen-bond donors (Lipinski definition) is 2. The molecule has 1 heterocycles. The Kier molecular flexibility index (Phi) is 4.39. The fourth-order valence-corrected chi connectivity index (χ4v) is 3.31. The molecule has 1 aromatic rings. The van der Waals surface area contributed by atoms with Gasteiger partial charge in [0.25, 0.3) is 0 Å². The van der Waals surface area contributed by atoms with Crippen molar-refractivity contribution in [2.24, 2.45) is 5.41 Å². The molecule has 2 N–H and O–H groups in total. The van der Waals surface area contributed by atoms with Gasteiger partial charge in [-0.05, 0) is 57.3 Å². The number of rotatable bonds is 2. The van der Waals surface area contributed by atoms with Gasteiger partial charge in [-0.15, -0.1) is 0 Å². The number of likely N-dealkylation sites (tertiary alicyclic amines) is 1. The molecule has 0 aromatic heterocycles. The van der Waals surface area contributed by atoms with Gasteiger partial charge in [0.1, 0.15) is 0 Å². The molecule has 1 atom stereocenters. The lowest BCUT2D eigenvalue weighted by atomic mass is 9.90. The zero-order valence-corrected chi connectivity index (χ0v) is 14.0. The van der Waals surface area contributed by atoms with E-state index in [0.717, 1.165) is 8.95 Å². The Morgan fingerprint density at radius 2 is 1.95 bits per heavy atom. The molecular weight excluding hydrogens is 392 g/mol. The minimum Gasteiger partial charge on any atom is -0.481 e. The lowest BCUT2D eigenvalue weighted by Crippen LogP contribution is -2.37. The van der Waals surface area contributed by atoms with E-state index < -0.39 is 11.4 Å². The van der Waals surface area contributed by atoms with Crippen molar-refractivity contribution < 1.29 is 14.7 Å². The first-order valence-electron chi connectivity index (χ1n) is 6.07. The molecule has 1 saturated heterocycles. The molecular formula is C13H14Br2N2O3. The van der Waals surface area contributed by atoms with Gasteiger partial charge < -0.3 is 15.3 Å². The number of para-hydroxylation sites is 1. The van der Waals surface area contributed by atoms with E-state index >= 15 is 0 Å². The largest absolute Gasteiger partial charge is 0.481 e. The van der Waals surface area contributed by atoms with Crippen molar-refractivity contribution in [2.45, 2.75) is 13.3 Å². The van der Waals surface area contributed by atoms with Crippen molar-refractivity contribution in [2.75, 3.05) is 18.4 Å². The number of nitrogens with zero attached hydrogens (tertiary/aromatic N) is 1. The fraction of sp³-hybridized carbons (Fsp3) is 0.385. The highest BCUT2D eigenvalue weighted by Crippen LogP contribution is 2.33. The van der Waals surface area contributed by atoms with Crippen molar-refractivity contribution in [3.05, 3.63) is 27.1 Å². The van der Waals surface area contributed by atoms with Gasteiger partial charge in [-0.3, -0.25) is 4.79 Å². The van der Waals surface area contributed by atoms with Gasteiger partial charge in [0.05, 0.1) is 11.1 Å². The molecule has 1 fully saturated rings. The summed E-state index contributed by atoms with van der Waals surface area (Å²) in [6, 6.07) is 5.21. The molecule has 2 amide bonds. The smallest absolute Gasteiger partial charge is 0.321 e. The molecule has 0 aliphatic carbocycles. The van der Waals surface area contributed by atoms with Crippen LogP contribution in [0.5, 0.6) is 0 Å². The number of carbonyl (C=O) groups excluding carboxylic acids is 1. The summed E-state index contributed by atoms with van der Waals surface area (Å²) in [5.74, 6) is -0.866. The first-order valence-corrected chi connectivity index (χ1v) is 7.65. The number of carbonyl (C=O) groups is 2. The van der Waals surface area contributed by atoms with Crippen molar-refractivity contribution in [3.8, 4) is 0 Å². The van der Waals surface area contributed by atoms with Gasteiger partial charge in [0.2, 0.25) is 0 Å². The number of aliphatic carboxylic acids is 1. The number of hydrogen-bond acceptors (Lipinski definition) is 2. The molecule has 108 valence electrons. The van der Waals surface area contributed by atoms with Gasteiger partial charge >= 0.3 is 12.0 Å². The van der Waals surface area contributed by atoms with Gasteiger partial charge in [0, 0.05) is 22.0 Å². The minimum absolute atomic E-state index is 0.218. The van der Waals surface area contributed by atoms with Crippen LogP contribution in [-0.2, 0) is 4.79 Å². The number of halogens is 2. The van der Waals surface area contributed by atoms with Crippen molar-refractivity contribution in [1.82, 2.24) is 4.90 Å². The number of benzene rings is 1. The maximum atomic E-state index is 12.2. The Morgan fingerprint density at radius 1 is 1.35 bits per heavy atom. The highest BCUT2D eigenvalue weighted by molar-refractivity contribution is 9.11. The zero-order valence-electron chi connectivity index (χ0n) is 10.8. The summed E-state index contributed by atoms with van der Waals surface area (Å²) >= 11 is 6.74. The first-order chi connectivity index (χ1) is 9.33. The van der Waals surface area contributed by atoms with Gasteiger partial charge in [-0.25, -0.2) is 4.79 Å². The van der Waals surface area contributed by atoms with E-state index in [9.17, 15) is 14.7 Å². The maximum Gasteiger partial charge on any atom is 0.321 e. The lowest BCUT2D eigenvalue weighted by Gasteiger charge is -2.21. The maximum absolute atomic E-state index is 12.2. The van der Waals surface area contributed by atoms with E-state index in [1.807, 2.05) is 18.2 Å². The van der Waals surface area contributed by atoms with Gasteiger partial charge in [0.15, 0.2) is 0 Å². The summed E-state index contributed by atoms with van der Waals surface area (Å²) in [5.41, 5.74) is -0.218. The van der Waals surface area contributed by atoms with Crippen LogP contribution in [0.1, 0.15) is 13.3 Å². The molecule has 20 heavy (non-hydrogen) atoms. The summed E-state index contributed by atoms with van der Waals surface area (Å²) in [6.07, 6.45) is 0.465. The van der Waals surface area contributed by atoms with Crippen LogP contribution in [0.4, 0.5) is 10.5 Å². The number of carboxylic acid groups (broad SMARTS) is 1. The Morgan fingerprint density at radius 3 is 2.45 bits per heavy atom. The summed E-state index contributed by atoms with van der Waals surface area (Å²) in [5, 5.41) is 12.0. The third kappa shape index (κ3) is 2.98. The van der Waals surface area contributed by atoms with Crippen LogP contribution in [0.15, 0.2) is 27.1 Å². The van der Waals surface area contributed by atoms with Crippen LogP contribution in [0, 0.1) is 5.41 Å². The Balaban J connectivity index is 2.09. The Labute approximate surface area is 133 Å². The number of amides is 2. The summed E-state index contributed by atoms with van der Waals surface area (Å²) in [7, 11) is 0. The van der Waals surface area contributed by atoms with E-state index in [0.29, 0.717) is 18.7 Å². The van der Waals surface area contributed by atoms with E-state index in [-0.39, 0.29) is 12.6 Å². The summed E-state index contributed by atoms with van der Waals surface area (Å²) in [4.78, 5) is 24.9. The van der Waals surface area contributed by atoms with Crippen molar-refractivity contribution in [3.63, 3.8) is 0 Å². The van der Waals surface area contributed by atoms with Crippen LogP contribution in [0.25, 0.3) is 0 Å². The highest BCUT2D eigenvalue weighted by Gasteiger charge is 2.42. The molecule has 7 heteroatoms. The summed E-state index contributed by atoms with van der Waals surface area (Å²) in [6.45, 7) is 2.32. The average molecular weight is 406 g/mol. The lowest BCUT2D eigenvalue weighted by molar-refractivity contribution is -0.146. The zero-order chi connectivity index (χ0) is 14.9. The molecule has 0 saturated carbocycles. The second kappa shape index (κ2) is 5.73. The molecule has 1 unspecified atom stereocenters. The fourth-order valence-electron chi connectivity index (χ4n) is 2.11.